The van der Waals surface area contributed by atoms with Crippen LogP contribution in [0.25, 0.3) is 10.9 Å². The molecule has 0 spiro atoms. The summed E-state index contributed by atoms with van der Waals surface area (Å²) in [5.41, 5.74) is 3.39. The highest BCUT2D eigenvalue weighted by Crippen LogP contribution is 2.24. The predicted molar refractivity (Wildman–Crippen MR) is 79.9 cm³/mol. The van der Waals surface area contributed by atoms with Crippen LogP contribution in [0.4, 0.5) is 16.2 Å². The van der Waals surface area contributed by atoms with Gasteiger partial charge in [-0.1, -0.05) is 24.3 Å². The highest BCUT2D eigenvalue weighted by molar-refractivity contribution is 6.05. The molecule has 0 unspecified atom stereocenters. The Labute approximate surface area is 116 Å². The molecule has 5 heteroatoms. The van der Waals surface area contributed by atoms with Gasteiger partial charge in [-0.2, -0.15) is 5.10 Å². The molecule has 0 aliphatic rings. The summed E-state index contributed by atoms with van der Waals surface area (Å²) in [7, 11) is 0. The number of aromatic amines is 1. The fourth-order valence-corrected chi connectivity index (χ4v) is 2.08. The molecule has 1 aromatic heterocycles. The van der Waals surface area contributed by atoms with Crippen molar-refractivity contribution in [3.05, 3.63) is 54.2 Å². The summed E-state index contributed by atoms with van der Waals surface area (Å²) in [5.74, 6) is 0. The Morgan fingerprint density at radius 1 is 1.10 bits per heavy atom. The molecular formula is C15H14N4O. The number of aromatic nitrogens is 2. The third-order valence-corrected chi connectivity index (χ3v) is 3.11. The van der Waals surface area contributed by atoms with E-state index in [1.165, 1.54) is 0 Å². The standard InChI is InChI=1S/C15H14N4O/c1-10-7-8-13(14-12(10)9-16-19-14)18-15(20)17-11-5-3-2-4-6-11/h2-9H,1H3,(H,16,19)(H2,17,18,20). The number of H-pyrrole nitrogens is 1. The summed E-state index contributed by atoms with van der Waals surface area (Å²) < 4.78 is 0. The van der Waals surface area contributed by atoms with Crippen LogP contribution in [0.1, 0.15) is 5.56 Å². The number of carbonyl (C=O) groups is 1. The van der Waals surface area contributed by atoms with Crippen molar-refractivity contribution in [3.8, 4) is 0 Å². The number of amides is 2. The highest BCUT2D eigenvalue weighted by Gasteiger charge is 2.08. The predicted octanol–water partition coefficient (Wildman–Crippen LogP) is 3.52. The number of hydrogen-bond acceptors (Lipinski definition) is 2. The maximum atomic E-state index is 12.0. The van der Waals surface area contributed by atoms with E-state index in [4.69, 9.17) is 0 Å². The van der Waals surface area contributed by atoms with E-state index in [2.05, 4.69) is 20.8 Å². The van der Waals surface area contributed by atoms with Crippen LogP contribution in [0, 0.1) is 6.92 Å². The smallest absolute Gasteiger partial charge is 0.308 e. The van der Waals surface area contributed by atoms with Crippen LogP contribution in [0.5, 0.6) is 0 Å². The Bertz CT molecular complexity index is 749. The second-order valence-corrected chi connectivity index (χ2v) is 4.53. The van der Waals surface area contributed by atoms with Gasteiger partial charge in [0.25, 0.3) is 0 Å². The van der Waals surface area contributed by atoms with Gasteiger partial charge in [-0.15, -0.1) is 0 Å². The number of hydrogen-bond donors (Lipinski definition) is 3. The molecule has 0 bridgehead atoms. The SMILES string of the molecule is Cc1ccc(NC(=O)Nc2ccccc2)c2[nH]ncc12. The number of nitrogens with one attached hydrogen (secondary N) is 3. The van der Waals surface area contributed by atoms with Crippen molar-refractivity contribution >= 4 is 28.3 Å². The average molecular weight is 266 g/mol. The van der Waals surface area contributed by atoms with Crippen molar-refractivity contribution < 1.29 is 4.79 Å². The summed E-state index contributed by atoms with van der Waals surface area (Å²) >= 11 is 0. The van der Waals surface area contributed by atoms with Crippen molar-refractivity contribution in [2.45, 2.75) is 6.92 Å². The Kier molecular flexibility index (Phi) is 3.09. The molecule has 0 aliphatic carbocycles. The molecule has 0 aliphatic heterocycles. The van der Waals surface area contributed by atoms with Crippen molar-refractivity contribution in [2.24, 2.45) is 0 Å². The molecule has 20 heavy (non-hydrogen) atoms. The first kappa shape index (κ1) is 12.2. The third kappa shape index (κ3) is 2.33. The van der Waals surface area contributed by atoms with Gasteiger partial charge in [0.2, 0.25) is 0 Å². The van der Waals surface area contributed by atoms with E-state index in [0.717, 1.165) is 22.2 Å². The monoisotopic (exact) mass is 266 g/mol. The lowest BCUT2D eigenvalue weighted by atomic mass is 10.1. The number of para-hydroxylation sites is 1. The second-order valence-electron chi connectivity index (χ2n) is 4.53. The van der Waals surface area contributed by atoms with Gasteiger partial charge in [-0.05, 0) is 30.7 Å². The molecule has 2 amide bonds. The van der Waals surface area contributed by atoms with Crippen LogP contribution in [0.15, 0.2) is 48.7 Å². The average Bonchev–Trinajstić information content (AvgIpc) is 2.93. The van der Waals surface area contributed by atoms with Gasteiger partial charge in [-0.3, -0.25) is 5.10 Å². The molecule has 0 atom stereocenters. The quantitative estimate of drug-likeness (QED) is 0.664. The molecule has 0 radical (unpaired) electrons. The zero-order chi connectivity index (χ0) is 13.9. The van der Waals surface area contributed by atoms with E-state index in [-0.39, 0.29) is 6.03 Å². The summed E-state index contributed by atoms with van der Waals surface area (Å²) in [4.78, 5) is 12.0. The van der Waals surface area contributed by atoms with Crippen LogP contribution in [0.2, 0.25) is 0 Å². The molecular weight excluding hydrogens is 252 g/mol. The van der Waals surface area contributed by atoms with Gasteiger partial charge in [0.15, 0.2) is 0 Å². The minimum Gasteiger partial charge on any atom is -0.308 e. The first-order valence-corrected chi connectivity index (χ1v) is 6.30. The van der Waals surface area contributed by atoms with E-state index in [9.17, 15) is 4.79 Å². The largest absolute Gasteiger partial charge is 0.323 e. The number of aryl methyl sites for hydroxylation is 1. The zero-order valence-electron chi connectivity index (χ0n) is 11.0. The molecule has 0 saturated carbocycles. The first-order valence-electron chi connectivity index (χ1n) is 6.30. The van der Waals surface area contributed by atoms with E-state index in [1.807, 2.05) is 49.4 Å². The maximum absolute atomic E-state index is 12.0. The molecule has 1 heterocycles. The van der Waals surface area contributed by atoms with Gasteiger partial charge < -0.3 is 10.6 Å². The number of benzene rings is 2. The number of rotatable bonds is 2. The van der Waals surface area contributed by atoms with Crippen molar-refractivity contribution in [2.75, 3.05) is 10.6 Å². The molecule has 3 rings (SSSR count). The summed E-state index contributed by atoms with van der Waals surface area (Å²) in [6.45, 7) is 2.01. The number of urea groups is 1. The van der Waals surface area contributed by atoms with Gasteiger partial charge in [0, 0.05) is 11.1 Å². The highest BCUT2D eigenvalue weighted by atomic mass is 16.2. The van der Waals surface area contributed by atoms with Gasteiger partial charge in [0.05, 0.1) is 17.4 Å². The van der Waals surface area contributed by atoms with Gasteiger partial charge in [0.1, 0.15) is 0 Å². The third-order valence-electron chi connectivity index (χ3n) is 3.11. The lowest BCUT2D eigenvalue weighted by Gasteiger charge is -2.09. The normalized spacial score (nSPS) is 10.4. The maximum Gasteiger partial charge on any atom is 0.323 e. The van der Waals surface area contributed by atoms with Crippen LogP contribution in [-0.2, 0) is 0 Å². The zero-order valence-corrected chi connectivity index (χ0v) is 11.0. The molecule has 0 saturated heterocycles. The van der Waals surface area contributed by atoms with Gasteiger partial charge >= 0.3 is 6.03 Å². The summed E-state index contributed by atoms with van der Waals surface area (Å²) in [6.07, 6.45) is 1.75. The number of anilines is 2. The Hall–Kier alpha value is -2.82. The Morgan fingerprint density at radius 2 is 1.90 bits per heavy atom. The Balaban J connectivity index is 1.81. The Morgan fingerprint density at radius 3 is 2.70 bits per heavy atom. The van der Waals surface area contributed by atoms with Crippen LogP contribution < -0.4 is 10.6 Å². The summed E-state index contributed by atoms with van der Waals surface area (Å²) in [6, 6.07) is 12.8. The fourth-order valence-electron chi connectivity index (χ4n) is 2.08. The molecule has 5 nitrogen and oxygen atoms in total. The van der Waals surface area contributed by atoms with Crippen LogP contribution >= 0.6 is 0 Å². The van der Waals surface area contributed by atoms with E-state index in [0.29, 0.717) is 5.69 Å². The van der Waals surface area contributed by atoms with E-state index < -0.39 is 0 Å². The first-order chi connectivity index (χ1) is 9.74. The van der Waals surface area contributed by atoms with Crippen molar-refractivity contribution in [3.63, 3.8) is 0 Å². The number of fused-ring (bicyclic) bond motifs is 1. The van der Waals surface area contributed by atoms with E-state index in [1.54, 1.807) is 6.20 Å². The van der Waals surface area contributed by atoms with E-state index >= 15 is 0 Å². The number of nitrogens with zero attached hydrogens (tertiary/aromatic N) is 1. The molecule has 3 N–H and O–H groups in total. The molecule has 0 fully saturated rings. The topological polar surface area (TPSA) is 69.8 Å². The lowest BCUT2D eigenvalue weighted by molar-refractivity contribution is 0.262. The number of carbonyl (C=O) groups excluding carboxylic acids is 1. The fraction of sp³-hybridized carbons (Fsp3) is 0.0667. The summed E-state index contributed by atoms with van der Waals surface area (Å²) in [5, 5.41) is 13.5. The minimum atomic E-state index is -0.282. The van der Waals surface area contributed by atoms with Crippen LogP contribution in [-0.4, -0.2) is 16.2 Å². The van der Waals surface area contributed by atoms with Crippen molar-refractivity contribution in [1.82, 2.24) is 10.2 Å². The second kappa shape index (κ2) is 5.05. The van der Waals surface area contributed by atoms with Crippen LogP contribution in [0.3, 0.4) is 0 Å². The van der Waals surface area contributed by atoms with Gasteiger partial charge in [-0.25, -0.2) is 4.79 Å². The molecule has 100 valence electrons. The molecule has 2 aromatic carbocycles. The van der Waals surface area contributed by atoms with Crippen molar-refractivity contribution in [1.29, 1.82) is 0 Å². The minimum absolute atomic E-state index is 0.282. The lowest BCUT2D eigenvalue weighted by Crippen LogP contribution is -2.19. The molecule has 3 aromatic rings.